The number of para-hydroxylation sites is 1. The zero-order chi connectivity index (χ0) is 43.0. The molecule has 0 aliphatic carbocycles. The van der Waals surface area contributed by atoms with Gasteiger partial charge in [-0.05, 0) is 99.8 Å². The first kappa shape index (κ1) is 43.9. The molecule has 0 bridgehead atoms. The van der Waals surface area contributed by atoms with Gasteiger partial charge in [0.05, 0.1) is 28.4 Å². The van der Waals surface area contributed by atoms with Crippen molar-refractivity contribution in [2.24, 2.45) is 10.9 Å². The highest BCUT2D eigenvalue weighted by Crippen LogP contribution is 2.31. The highest BCUT2D eigenvalue weighted by Gasteiger charge is 2.33. The summed E-state index contributed by atoms with van der Waals surface area (Å²) in [6.07, 6.45) is -0.110. The Hall–Kier alpha value is -6.21. The first-order valence-corrected chi connectivity index (χ1v) is 19.9. The smallest absolute Gasteiger partial charge is 0.278 e. The Kier molecular flexibility index (Phi) is 14.5. The number of nitrogens with zero attached hydrogens (tertiary/aromatic N) is 5. The SMILES string of the molecule is CCC(OCNc1ccc(OC(C)C)c(NC(=O)/C(=N\c2ccc(N(C)C)cc2)c2nc3ccccc3c(=O)n2C(C(=O)N(C)C)C(C)C)c1)Oc1ccc(C)cc1C. The minimum Gasteiger partial charge on any atom is -0.489 e. The monoisotopic (exact) mass is 803 g/mol. The highest BCUT2D eigenvalue weighted by atomic mass is 16.7. The summed E-state index contributed by atoms with van der Waals surface area (Å²) < 4.78 is 19.7. The van der Waals surface area contributed by atoms with E-state index in [9.17, 15) is 14.4 Å². The minimum absolute atomic E-state index is 0.0554. The van der Waals surface area contributed by atoms with E-state index in [0.29, 0.717) is 40.1 Å². The predicted molar refractivity (Wildman–Crippen MR) is 237 cm³/mol. The van der Waals surface area contributed by atoms with Crippen LogP contribution in [0.1, 0.15) is 64.0 Å². The van der Waals surface area contributed by atoms with Crippen molar-refractivity contribution < 1.29 is 23.8 Å². The van der Waals surface area contributed by atoms with Gasteiger partial charge in [0.1, 0.15) is 24.3 Å². The van der Waals surface area contributed by atoms with Crippen LogP contribution in [0.4, 0.5) is 22.7 Å². The molecule has 59 heavy (non-hydrogen) atoms. The normalized spacial score (nSPS) is 12.7. The Morgan fingerprint density at radius 3 is 2.19 bits per heavy atom. The molecule has 2 atom stereocenters. The lowest BCUT2D eigenvalue weighted by Gasteiger charge is -2.28. The van der Waals surface area contributed by atoms with Crippen LogP contribution in [-0.4, -0.2) is 79.3 Å². The number of ether oxygens (including phenoxy) is 3. The number of aliphatic imine (C=N–C) groups is 1. The number of fused-ring (bicyclic) bond motifs is 1. The summed E-state index contributed by atoms with van der Waals surface area (Å²) in [5, 5.41) is 6.59. The molecule has 2 N–H and O–H groups in total. The molecule has 0 radical (unpaired) electrons. The van der Waals surface area contributed by atoms with Crippen molar-refractivity contribution in [3.8, 4) is 11.5 Å². The van der Waals surface area contributed by atoms with E-state index < -0.39 is 23.8 Å². The predicted octanol–water partition coefficient (Wildman–Crippen LogP) is 8.11. The second-order valence-electron chi connectivity index (χ2n) is 15.5. The van der Waals surface area contributed by atoms with E-state index in [1.54, 1.807) is 62.6 Å². The molecule has 2 unspecified atom stereocenters. The van der Waals surface area contributed by atoms with Crippen LogP contribution in [0.5, 0.6) is 11.5 Å². The molecular formula is C46H57N7O6. The molecule has 5 aromatic rings. The maximum absolute atomic E-state index is 14.9. The minimum atomic E-state index is -1.00. The lowest BCUT2D eigenvalue weighted by Crippen LogP contribution is -2.43. The van der Waals surface area contributed by atoms with Crippen molar-refractivity contribution in [3.05, 3.63) is 112 Å². The molecule has 5 rings (SSSR count). The molecule has 0 saturated heterocycles. The summed E-state index contributed by atoms with van der Waals surface area (Å²) >= 11 is 0. The quantitative estimate of drug-likeness (QED) is 0.0705. The number of aromatic nitrogens is 2. The van der Waals surface area contributed by atoms with Crippen molar-refractivity contribution >= 4 is 51.2 Å². The Morgan fingerprint density at radius 1 is 0.864 bits per heavy atom. The molecule has 0 spiro atoms. The molecule has 0 saturated carbocycles. The van der Waals surface area contributed by atoms with Crippen LogP contribution < -0.4 is 30.6 Å². The maximum atomic E-state index is 14.9. The van der Waals surface area contributed by atoms with E-state index in [0.717, 1.165) is 22.6 Å². The zero-order valence-corrected chi connectivity index (χ0v) is 36.0. The van der Waals surface area contributed by atoms with Gasteiger partial charge in [-0.25, -0.2) is 9.98 Å². The fourth-order valence-electron chi connectivity index (χ4n) is 6.49. The second-order valence-corrected chi connectivity index (χ2v) is 15.5. The Balaban J connectivity index is 1.58. The van der Waals surface area contributed by atoms with E-state index >= 15 is 0 Å². The number of hydrogen-bond donors (Lipinski definition) is 2. The summed E-state index contributed by atoms with van der Waals surface area (Å²) in [5.41, 5.74) is 4.22. The first-order chi connectivity index (χ1) is 28.1. The molecule has 312 valence electrons. The van der Waals surface area contributed by atoms with Gasteiger partial charge < -0.3 is 34.6 Å². The third kappa shape index (κ3) is 10.8. The van der Waals surface area contributed by atoms with Gasteiger partial charge in [-0.1, -0.05) is 50.6 Å². The summed E-state index contributed by atoms with van der Waals surface area (Å²) in [5.74, 6) is -0.249. The van der Waals surface area contributed by atoms with Crippen LogP contribution in [0.15, 0.2) is 94.7 Å². The van der Waals surface area contributed by atoms with E-state index in [1.807, 2.05) is 97.8 Å². The number of benzene rings is 4. The molecule has 13 nitrogen and oxygen atoms in total. The number of aryl methyl sites for hydroxylation is 2. The van der Waals surface area contributed by atoms with Crippen LogP contribution in [0.2, 0.25) is 0 Å². The number of carbonyl (C=O) groups excluding carboxylic acids is 2. The van der Waals surface area contributed by atoms with Gasteiger partial charge in [-0.2, -0.15) is 0 Å². The molecule has 0 aliphatic heterocycles. The van der Waals surface area contributed by atoms with Gasteiger partial charge in [0.25, 0.3) is 11.5 Å². The van der Waals surface area contributed by atoms with Crippen molar-refractivity contribution in [1.29, 1.82) is 0 Å². The van der Waals surface area contributed by atoms with Crippen molar-refractivity contribution in [2.45, 2.75) is 73.3 Å². The van der Waals surface area contributed by atoms with Crippen molar-refractivity contribution in [1.82, 2.24) is 14.5 Å². The van der Waals surface area contributed by atoms with E-state index in [2.05, 4.69) is 16.7 Å². The Labute approximate surface area is 347 Å². The van der Waals surface area contributed by atoms with E-state index in [1.165, 1.54) is 9.47 Å². The Bertz CT molecular complexity index is 2350. The van der Waals surface area contributed by atoms with Gasteiger partial charge in [-0.15, -0.1) is 0 Å². The zero-order valence-electron chi connectivity index (χ0n) is 36.0. The summed E-state index contributed by atoms with van der Waals surface area (Å²) in [6.45, 7) is 13.6. The van der Waals surface area contributed by atoms with Crippen LogP contribution in [0.25, 0.3) is 10.9 Å². The maximum Gasteiger partial charge on any atom is 0.278 e. The summed E-state index contributed by atoms with van der Waals surface area (Å²) in [6, 6.07) is 24.5. The van der Waals surface area contributed by atoms with Crippen LogP contribution in [-0.2, 0) is 14.3 Å². The molecule has 4 aromatic carbocycles. The number of rotatable bonds is 17. The average molecular weight is 804 g/mol. The average Bonchev–Trinajstić information content (AvgIpc) is 3.19. The van der Waals surface area contributed by atoms with Gasteiger partial charge in [-0.3, -0.25) is 19.0 Å². The number of hydrogen-bond acceptors (Lipinski definition) is 10. The second kappa shape index (κ2) is 19.5. The van der Waals surface area contributed by atoms with Gasteiger partial charge in [0.2, 0.25) is 12.2 Å². The van der Waals surface area contributed by atoms with Gasteiger partial charge >= 0.3 is 0 Å². The fraction of sp³-hybridized carbons (Fsp3) is 0.370. The molecule has 1 heterocycles. The molecular weight excluding hydrogens is 747 g/mol. The fourth-order valence-corrected chi connectivity index (χ4v) is 6.49. The van der Waals surface area contributed by atoms with Crippen LogP contribution in [0.3, 0.4) is 0 Å². The van der Waals surface area contributed by atoms with Gasteiger partial charge in [0, 0.05) is 46.0 Å². The van der Waals surface area contributed by atoms with Crippen LogP contribution >= 0.6 is 0 Å². The lowest BCUT2D eigenvalue weighted by atomic mass is 10.0. The molecule has 0 aliphatic rings. The standard InChI is InChI=1S/C46H57N7O6/c1-12-40(59-38-23-17-30(6)25-31(38)7)57-27-47-33-20-24-39(58-29(4)5)37(26-33)50-44(54)41(48-32-18-21-34(22-19-32)51(8)9)43-49-36-16-14-13-15-35(36)45(55)53(43)42(28(2)3)46(56)52(10)11/h13-26,28-29,40,42,47H,12,27H2,1-11H3,(H,50,54)/b48-41-. The Morgan fingerprint density at radius 2 is 1.56 bits per heavy atom. The summed E-state index contributed by atoms with van der Waals surface area (Å²) in [7, 11) is 7.12. The number of nitrogens with one attached hydrogen (secondary N) is 2. The molecule has 1 aromatic heterocycles. The third-order valence-corrected chi connectivity index (χ3v) is 9.50. The van der Waals surface area contributed by atoms with Crippen LogP contribution in [0, 0.1) is 19.8 Å². The lowest BCUT2D eigenvalue weighted by molar-refractivity contribution is -0.133. The topological polar surface area (TPSA) is 140 Å². The number of likely N-dealkylation sites (N-methyl/N-ethyl adjacent to an activating group) is 1. The molecule has 2 amide bonds. The molecule has 13 heteroatoms. The summed E-state index contributed by atoms with van der Waals surface area (Å²) in [4.78, 5) is 56.4. The largest absolute Gasteiger partial charge is 0.489 e. The first-order valence-electron chi connectivity index (χ1n) is 19.9. The highest BCUT2D eigenvalue weighted by molar-refractivity contribution is 6.48. The van der Waals surface area contributed by atoms with Gasteiger partial charge in [0.15, 0.2) is 11.5 Å². The van der Waals surface area contributed by atoms with E-state index in [4.69, 9.17) is 24.2 Å². The van der Waals surface area contributed by atoms with Crippen molar-refractivity contribution in [2.75, 3.05) is 50.5 Å². The van der Waals surface area contributed by atoms with Crippen molar-refractivity contribution in [3.63, 3.8) is 0 Å². The third-order valence-electron chi connectivity index (χ3n) is 9.50. The number of anilines is 3. The number of carbonyl (C=O) groups is 2. The van der Waals surface area contributed by atoms with E-state index in [-0.39, 0.29) is 36.2 Å². The molecule has 0 fully saturated rings. The number of amides is 2.